The molecule has 49 heavy (non-hydrogen) atoms. The summed E-state index contributed by atoms with van der Waals surface area (Å²) in [5.41, 5.74) is 1.38. The van der Waals surface area contributed by atoms with Crippen molar-refractivity contribution in [3.05, 3.63) is 23.8 Å². The molecule has 2 fully saturated rings. The molecule has 284 valence electrons. The monoisotopic (exact) mass is 709 g/mol. The summed E-state index contributed by atoms with van der Waals surface area (Å²) in [6.45, 7) is 2.41. The minimum absolute atomic E-state index is 0.0837. The average Bonchev–Trinajstić information content (AvgIpc) is 3.63. The lowest BCUT2D eigenvalue weighted by molar-refractivity contribution is -0.359. The maximum Gasteiger partial charge on any atom is 0.245 e. The zero-order chi connectivity index (χ0) is 35.4. The predicted molar refractivity (Wildman–Crippen MR) is 169 cm³/mol. The van der Waals surface area contributed by atoms with Gasteiger partial charge in [0.05, 0.1) is 59.5 Å². The summed E-state index contributed by atoms with van der Waals surface area (Å²) in [5.74, 6) is -0.247. The molecule has 0 aromatic carbocycles. The SMILES string of the molecule is O=C(COCCOCCOCCOCCC1=CC=CC1)NCCCCCO[C@@H]1O[C@H](CO)[C@@H](O[C@@H]2O[C@H](CO)[C@H](O)[C@H](O)[C@H]2O)[C@H](O)[C@H]1O. The highest BCUT2D eigenvalue weighted by Gasteiger charge is 2.50. The Morgan fingerprint density at radius 2 is 1.35 bits per heavy atom. The Morgan fingerprint density at radius 3 is 2.00 bits per heavy atom. The molecule has 3 rings (SSSR count). The average molecular weight is 710 g/mol. The standard InChI is InChI=1S/C32H55NO16/c34-18-22-25(37)26(38)28(40)32(47-22)49-30-23(19-35)48-31(29(41)27(30)39)46-10-5-1-4-9-33-24(36)20-45-17-16-44-15-14-43-13-12-42-11-8-21-6-2-3-7-21/h2-3,6,22-23,25-32,34-35,37-41H,1,4-5,7-20H2,(H,33,36)/t22-,23-,25+,26+,27-,28-,29-,30-,31-,32+/m1/s1. The molecule has 2 heterocycles. The molecule has 0 saturated carbocycles. The molecule has 0 unspecified atom stereocenters. The Balaban J connectivity index is 1.14. The third kappa shape index (κ3) is 14.5. The normalized spacial score (nSPS) is 31.6. The van der Waals surface area contributed by atoms with Crippen LogP contribution in [0.4, 0.5) is 0 Å². The van der Waals surface area contributed by atoms with Gasteiger partial charge >= 0.3 is 0 Å². The lowest BCUT2D eigenvalue weighted by atomic mass is 9.97. The van der Waals surface area contributed by atoms with Crippen molar-refractivity contribution >= 4 is 5.91 Å². The maximum absolute atomic E-state index is 12.0. The molecule has 0 aromatic heterocycles. The van der Waals surface area contributed by atoms with Gasteiger partial charge in [0.1, 0.15) is 55.4 Å². The van der Waals surface area contributed by atoms with Gasteiger partial charge in [-0.15, -0.1) is 0 Å². The van der Waals surface area contributed by atoms with Crippen molar-refractivity contribution in [3.63, 3.8) is 0 Å². The molecule has 2 aliphatic heterocycles. The quantitative estimate of drug-likeness (QED) is 0.0448. The molecule has 8 N–H and O–H groups in total. The Labute approximate surface area is 286 Å². The first-order valence-corrected chi connectivity index (χ1v) is 16.9. The summed E-state index contributed by atoms with van der Waals surface area (Å²) in [7, 11) is 0. The highest BCUT2D eigenvalue weighted by molar-refractivity contribution is 5.77. The van der Waals surface area contributed by atoms with E-state index in [-0.39, 0.29) is 25.7 Å². The predicted octanol–water partition coefficient (Wildman–Crippen LogP) is -2.74. The topological polar surface area (TPSA) is 245 Å². The van der Waals surface area contributed by atoms with Crippen molar-refractivity contribution in [2.45, 2.75) is 93.5 Å². The summed E-state index contributed by atoms with van der Waals surface area (Å²) in [4.78, 5) is 12.0. The zero-order valence-corrected chi connectivity index (χ0v) is 27.8. The van der Waals surface area contributed by atoms with Crippen LogP contribution in [0, 0.1) is 0 Å². The molecule has 17 heteroatoms. The van der Waals surface area contributed by atoms with E-state index in [2.05, 4.69) is 23.5 Å². The van der Waals surface area contributed by atoms with Crippen molar-refractivity contribution < 1.29 is 78.4 Å². The highest BCUT2D eigenvalue weighted by atomic mass is 16.7. The van der Waals surface area contributed by atoms with Crippen LogP contribution in [0.3, 0.4) is 0 Å². The van der Waals surface area contributed by atoms with Crippen LogP contribution in [0.25, 0.3) is 0 Å². The van der Waals surface area contributed by atoms with Crippen molar-refractivity contribution in [2.75, 3.05) is 79.2 Å². The Morgan fingerprint density at radius 1 is 0.714 bits per heavy atom. The summed E-state index contributed by atoms with van der Waals surface area (Å²) in [6.07, 6.45) is -4.85. The molecule has 0 bridgehead atoms. The fourth-order valence-corrected chi connectivity index (χ4v) is 5.28. The van der Waals surface area contributed by atoms with E-state index in [0.717, 1.165) is 12.8 Å². The number of unbranched alkanes of at least 4 members (excludes halogenated alkanes) is 2. The largest absolute Gasteiger partial charge is 0.394 e. The molecule has 2 saturated heterocycles. The number of aliphatic hydroxyl groups is 7. The number of carbonyl (C=O) groups is 1. The first kappa shape index (κ1) is 41.8. The van der Waals surface area contributed by atoms with Gasteiger partial charge < -0.3 is 79.0 Å². The lowest BCUT2D eigenvalue weighted by Gasteiger charge is -2.45. The second-order valence-corrected chi connectivity index (χ2v) is 11.9. The summed E-state index contributed by atoms with van der Waals surface area (Å²) < 4.78 is 43.7. The van der Waals surface area contributed by atoms with Crippen LogP contribution < -0.4 is 5.32 Å². The van der Waals surface area contributed by atoms with Crippen LogP contribution in [0.5, 0.6) is 0 Å². The molecule has 10 atom stereocenters. The third-order valence-electron chi connectivity index (χ3n) is 8.15. The van der Waals surface area contributed by atoms with E-state index >= 15 is 0 Å². The second-order valence-electron chi connectivity index (χ2n) is 11.9. The fraction of sp³-hybridized carbons (Fsp3) is 0.844. The molecule has 1 amide bonds. The van der Waals surface area contributed by atoms with Gasteiger partial charge in [0.2, 0.25) is 5.91 Å². The van der Waals surface area contributed by atoms with Crippen LogP contribution in [-0.4, -0.2) is 182 Å². The van der Waals surface area contributed by atoms with E-state index in [4.69, 9.17) is 37.9 Å². The van der Waals surface area contributed by atoms with Gasteiger partial charge in [0.15, 0.2) is 12.6 Å². The smallest absolute Gasteiger partial charge is 0.245 e. The van der Waals surface area contributed by atoms with E-state index in [9.17, 15) is 40.5 Å². The van der Waals surface area contributed by atoms with E-state index < -0.39 is 74.6 Å². The number of amides is 1. The number of aliphatic hydroxyl groups excluding tert-OH is 7. The molecule has 3 aliphatic rings. The number of hydrogen-bond acceptors (Lipinski definition) is 16. The molecular formula is C32H55NO16. The lowest BCUT2D eigenvalue weighted by Crippen LogP contribution is -2.64. The van der Waals surface area contributed by atoms with Crippen LogP contribution in [0.15, 0.2) is 23.8 Å². The number of carbonyl (C=O) groups excluding carboxylic acids is 1. The Bertz CT molecular complexity index is 967. The number of nitrogens with one attached hydrogen (secondary N) is 1. The first-order valence-electron chi connectivity index (χ1n) is 16.9. The third-order valence-corrected chi connectivity index (χ3v) is 8.15. The van der Waals surface area contributed by atoms with E-state index in [1.165, 1.54) is 5.57 Å². The van der Waals surface area contributed by atoms with E-state index in [1.807, 2.05) is 0 Å². The van der Waals surface area contributed by atoms with Gasteiger partial charge in [-0.25, -0.2) is 0 Å². The molecular weight excluding hydrogens is 654 g/mol. The molecule has 17 nitrogen and oxygen atoms in total. The first-order chi connectivity index (χ1) is 23.8. The molecule has 1 aliphatic carbocycles. The fourth-order valence-electron chi connectivity index (χ4n) is 5.28. The van der Waals surface area contributed by atoms with Crippen molar-refractivity contribution in [1.29, 1.82) is 0 Å². The van der Waals surface area contributed by atoms with Crippen LogP contribution in [-0.2, 0) is 42.7 Å². The van der Waals surface area contributed by atoms with E-state index in [0.29, 0.717) is 65.4 Å². The van der Waals surface area contributed by atoms with E-state index in [1.54, 1.807) is 0 Å². The number of ether oxygens (including phenoxy) is 8. The number of hydrogen-bond donors (Lipinski definition) is 8. The van der Waals surface area contributed by atoms with Gasteiger partial charge in [-0.2, -0.15) is 0 Å². The van der Waals surface area contributed by atoms with Crippen LogP contribution >= 0.6 is 0 Å². The summed E-state index contributed by atoms with van der Waals surface area (Å²) in [6, 6.07) is 0. The van der Waals surface area contributed by atoms with Crippen molar-refractivity contribution in [1.82, 2.24) is 5.32 Å². The Kier molecular flexibility index (Phi) is 20.2. The summed E-state index contributed by atoms with van der Waals surface area (Å²) in [5, 5.41) is 73.3. The highest BCUT2D eigenvalue weighted by Crippen LogP contribution is 2.29. The van der Waals surface area contributed by atoms with Gasteiger partial charge in [0.25, 0.3) is 0 Å². The summed E-state index contributed by atoms with van der Waals surface area (Å²) >= 11 is 0. The van der Waals surface area contributed by atoms with Gasteiger partial charge in [-0.05, 0) is 32.1 Å². The van der Waals surface area contributed by atoms with Gasteiger partial charge in [-0.3, -0.25) is 4.79 Å². The second kappa shape index (κ2) is 23.8. The molecule has 0 radical (unpaired) electrons. The van der Waals surface area contributed by atoms with Crippen molar-refractivity contribution in [3.8, 4) is 0 Å². The molecule has 0 aromatic rings. The van der Waals surface area contributed by atoms with Crippen LogP contribution in [0.2, 0.25) is 0 Å². The van der Waals surface area contributed by atoms with Crippen molar-refractivity contribution in [2.24, 2.45) is 0 Å². The maximum atomic E-state index is 12.0. The Hall–Kier alpha value is -1.65. The number of rotatable bonds is 25. The van der Waals surface area contributed by atoms with Crippen LogP contribution in [0.1, 0.15) is 32.1 Å². The number of allylic oxidation sites excluding steroid dienone is 3. The van der Waals surface area contributed by atoms with Gasteiger partial charge in [-0.1, -0.05) is 23.8 Å². The minimum Gasteiger partial charge on any atom is -0.394 e. The van der Waals surface area contributed by atoms with Gasteiger partial charge in [0, 0.05) is 13.2 Å². The molecule has 0 spiro atoms. The zero-order valence-electron chi connectivity index (χ0n) is 27.8. The minimum atomic E-state index is -1.74.